The molecular weight excluding hydrogens is 585 g/mol. The fraction of sp³-hybridized carbons (Fsp3) is 0.469. The van der Waals surface area contributed by atoms with Crippen LogP contribution >= 0.6 is 11.3 Å². The first-order valence-electron chi connectivity index (χ1n) is 14.9. The topological polar surface area (TPSA) is 130 Å². The standard InChI is InChI=1S/C14H14FN3O3.C13H15NOS.C3H6.C2H5NO/c1-16-9-3-2-7-8(12(9)15)6-18(14(7)21)10-4-5-11(19)17-13(10)20;1-8-14-13-11(15-2)6-10(7-12(13)16-8)9-4-3-5-9;1-2-3-1;1-3-2-4/h2-3,10,16H,4-6H2,1H3,(H,17,19,20);6-7,9H,3-5H2,1-2H3;1-3H2;2H,1H3,(H,3,4). The van der Waals surface area contributed by atoms with Crippen LogP contribution < -0.4 is 20.7 Å². The van der Waals surface area contributed by atoms with Crippen LogP contribution in [-0.2, 0) is 20.9 Å². The Morgan fingerprint density at radius 3 is 2.34 bits per heavy atom. The van der Waals surface area contributed by atoms with Crippen molar-refractivity contribution in [2.24, 2.45) is 0 Å². The number of aryl methyl sites for hydroxylation is 1. The molecule has 3 heterocycles. The second-order valence-electron chi connectivity index (χ2n) is 11.0. The minimum absolute atomic E-state index is 0.0434. The molecule has 44 heavy (non-hydrogen) atoms. The van der Waals surface area contributed by atoms with E-state index < -0.39 is 17.8 Å². The molecule has 1 saturated heterocycles. The van der Waals surface area contributed by atoms with Gasteiger partial charge in [-0.2, -0.15) is 0 Å². The number of piperidine rings is 1. The van der Waals surface area contributed by atoms with Gasteiger partial charge < -0.3 is 20.3 Å². The lowest BCUT2D eigenvalue weighted by atomic mass is 9.80. The Kier molecular flexibility index (Phi) is 11.3. The van der Waals surface area contributed by atoms with E-state index >= 15 is 0 Å². The summed E-state index contributed by atoms with van der Waals surface area (Å²) < 4.78 is 21.0. The van der Waals surface area contributed by atoms with Gasteiger partial charge >= 0.3 is 0 Å². The number of rotatable bonds is 5. The van der Waals surface area contributed by atoms with Crippen LogP contribution in [0.3, 0.4) is 0 Å². The maximum Gasteiger partial charge on any atom is 0.255 e. The van der Waals surface area contributed by atoms with Crippen molar-refractivity contribution in [3.8, 4) is 5.75 Å². The first-order chi connectivity index (χ1) is 21.2. The van der Waals surface area contributed by atoms with Crippen LogP contribution in [0.5, 0.6) is 5.75 Å². The van der Waals surface area contributed by atoms with Crippen molar-refractivity contribution in [1.29, 1.82) is 0 Å². The summed E-state index contributed by atoms with van der Waals surface area (Å²) in [6.07, 6.45) is 9.59. The molecule has 1 aromatic heterocycles. The van der Waals surface area contributed by atoms with Crippen molar-refractivity contribution in [3.63, 3.8) is 0 Å². The highest BCUT2D eigenvalue weighted by atomic mass is 32.1. The van der Waals surface area contributed by atoms with E-state index in [0.29, 0.717) is 12.1 Å². The van der Waals surface area contributed by atoms with Crippen LogP contribution in [0, 0.1) is 12.7 Å². The Bertz CT molecular complexity index is 1520. The number of nitrogens with one attached hydrogen (secondary N) is 3. The molecular formula is C32H40FN5O5S. The number of aromatic nitrogens is 1. The minimum Gasteiger partial charge on any atom is -0.494 e. The van der Waals surface area contributed by atoms with Crippen LogP contribution in [0.1, 0.15) is 83.8 Å². The number of anilines is 1. The van der Waals surface area contributed by atoms with Crippen LogP contribution in [0.15, 0.2) is 24.3 Å². The number of thiazole rings is 1. The lowest BCUT2D eigenvalue weighted by Gasteiger charge is -2.29. The molecule has 12 heteroatoms. The number of imide groups is 1. The number of hydrogen-bond donors (Lipinski definition) is 3. The number of methoxy groups -OCH3 is 1. The molecule has 3 fully saturated rings. The molecule has 236 valence electrons. The fourth-order valence-electron chi connectivity index (χ4n) is 5.06. The van der Waals surface area contributed by atoms with Crippen molar-refractivity contribution >= 4 is 51.4 Å². The number of hydrogen-bond acceptors (Lipinski definition) is 8. The normalized spacial score (nSPS) is 18.2. The van der Waals surface area contributed by atoms with Gasteiger partial charge in [0.1, 0.15) is 17.3 Å². The summed E-state index contributed by atoms with van der Waals surface area (Å²) in [6.45, 7) is 2.09. The quantitative estimate of drug-likeness (QED) is 0.268. The highest BCUT2D eigenvalue weighted by Crippen LogP contribution is 2.41. The van der Waals surface area contributed by atoms with Crippen LogP contribution in [-0.4, -0.2) is 61.3 Å². The lowest BCUT2D eigenvalue weighted by Crippen LogP contribution is -2.52. The van der Waals surface area contributed by atoms with Gasteiger partial charge in [-0.15, -0.1) is 11.3 Å². The number of halogens is 1. The molecule has 4 aliphatic rings. The van der Waals surface area contributed by atoms with Gasteiger partial charge in [0.05, 0.1) is 29.0 Å². The summed E-state index contributed by atoms with van der Waals surface area (Å²) in [5.74, 6) is -0.00522. The highest BCUT2D eigenvalue weighted by Gasteiger charge is 2.40. The lowest BCUT2D eigenvalue weighted by molar-refractivity contribution is -0.137. The zero-order valence-electron chi connectivity index (χ0n) is 25.6. The molecule has 1 unspecified atom stereocenters. The molecule has 2 aliphatic carbocycles. The number of benzene rings is 2. The molecule has 2 saturated carbocycles. The maximum atomic E-state index is 14.3. The first kappa shape index (κ1) is 32.8. The molecule has 0 spiro atoms. The minimum atomic E-state index is -0.722. The van der Waals surface area contributed by atoms with Gasteiger partial charge in [-0.25, -0.2) is 9.37 Å². The molecule has 0 bridgehead atoms. The Morgan fingerprint density at radius 1 is 1.09 bits per heavy atom. The fourth-order valence-corrected chi connectivity index (χ4v) is 5.95. The Labute approximate surface area is 260 Å². The van der Waals surface area contributed by atoms with Gasteiger partial charge in [0.15, 0.2) is 5.82 Å². The van der Waals surface area contributed by atoms with Gasteiger partial charge in [-0.3, -0.25) is 24.5 Å². The van der Waals surface area contributed by atoms with Gasteiger partial charge in [0.2, 0.25) is 18.2 Å². The third kappa shape index (κ3) is 7.71. The number of carbonyl (C=O) groups excluding carboxylic acids is 4. The monoisotopic (exact) mass is 625 g/mol. The zero-order valence-corrected chi connectivity index (χ0v) is 26.4. The molecule has 1 atom stereocenters. The summed E-state index contributed by atoms with van der Waals surface area (Å²) in [4.78, 5) is 50.3. The molecule has 7 rings (SSSR count). The molecule has 4 amide bonds. The van der Waals surface area contributed by atoms with E-state index in [2.05, 4.69) is 33.1 Å². The molecule has 10 nitrogen and oxygen atoms in total. The molecule has 0 radical (unpaired) electrons. The maximum absolute atomic E-state index is 14.3. The van der Waals surface area contributed by atoms with Crippen LogP contribution in [0.25, 0.3) is 10.2 Å². The number of nitrogens with zero attached hydrogens (tertiary/aromatic N) is 2. The summed E-state index contributed by atoms with van der Waals surface area (Å²) in [5, 5.41) is 8.29. The van der Waals surface area contributed by atoms with Crippen LogP contribution in [0.4, 0.5) is 10.1 Å². The highest BCUT2D eigenvalue weighted by molar-refractivity contribution is 7.18. The third-order valence-corrected chi connectivity index (χ3v) is 8.69. The average molecular weight is 626 g/mol. The number of ether oxygens (including phenoxy) is 1. The second-order valence-corrected chi connectivity index (χ2v) is 12.2. The van der Waals surface area contributed by atoms with Gasteiger partial charge in [-0.1, -0.05) is 25.7 Å². The van der Waals surface area contributed by atoms with E-state index in [1.165, 1.54) is 59.8 Å². The van der Waals surface area contributed by atoms with E-state index in [-0.39, 0.29) is 42.3 Å². The van der Waals surface area contributed by atoms with E-state index in [9.17, 15) is 18.8 Å². The van der Waals surface area contributed by atoms with Gasteiger partial charge in [0.25, 0.3) is 5.91 Å². The largest absolute Gasteiger partial charge is 0.494 e. The smallest absolute Gasteiger partial charge is 0.255 e. The molecule has 2 aliphatic heterocycles. The first-order valence-corrected chi connectivity index (χ1v) is 15.7. The van der Waals surface area contributed by atoms with E-state index in [1.54, 1.807) is 38.6 Å². The van der Waals surface area contributed by atoms with Gasteiger partial charge in [-0.05, 0) is 61.9 Å². The predicted molar refractivity (Wildman–Crippen MR) is 168 cm³/mol. The number of fused-ring (bicyclic) bond motifs is 2. The summed E-state index contributed by atoms with van der Waals surface area (Å²) in [6, 6.07) is 6.80. The Hall–Kier alpha value is -4.06. The number of carbonyl (C=O) groups is 4. The van der Waals surface area contributed by atoms with Crippen molar-refractivity contribution in [3.05, 3.63) is 51.8 Å². The SMILES string of the molecule is C1CC1.CNC=O.CNc1ccc2c(c1F)CN(C1CCC(=O)NC1=O)C2=O.COc1cc(C2CCC2)cc2sc(C)nc12. The molecule has 3 N–H and O–H groups in total. The van der Waals surface area contributed by atoms with E-state index in [0.717, 1.165) is 22.2 Å². The number of amides is 4. The molecule has 2 aromatic carbocycles. The van der Waals surface area contributed by atoms with E-state index in [1.807, 2.05) is 6.92 Å². The Balaban J connectivity index is 0.000000168. The molecule has 3 aromatic rings. The van der Waals surface area contributed by atoms with Gasteiger partial charge in [0, 0.05) is 31.6 Å². The predicted octanol–water partition coefficient (Wildman–Crippen LogP) is 5.04. The zero-order chi connectivity index (χ0) is 31.8. The van der Waals surface area contributed by atoms with E-state index in [4.69, 9.17) is 9.53 Å². The van der Waals surface area contributed by atoms with Crippen molar-refractivity contribution in [2.45, 2.75) is 76.8 Å². The van der Waals surface area contributed by atoms with Crippen molar-refractivity contribution in [1.82, 2.24) is 20.5 Å². The average Bonchev–Trinajstić information content (AvgIpc) is 3.77. The van der Waals surface area contributed by atoms with Crippen LogP contribution in [0.2, 0.25) is 0 Å². The summed E-state index contributed by atoms with van der Waals surface area (Å²) in [5.41, 5.74) is 3.33. The van der Waals surface area contributed by atoms with Crippen molar-refractivity contribution < 1.29 is 28.3 Å². The third-order valence-electron chi connectivity index (χ3n) is 7.78. The van der Waals surface area contributed by atoms with Crippen molar-refractivity contribution in [2.75, 3.05) is 26.5 Å². The second kappa shape index (κ2) is 15.1. The summed E-state index contributed by atoms with van der Waals surface area (Å²) in [7, 11) is 4.89. The Morgan fingerprint density at radius 2 is 1.80 bits per heavy atom. The summed E-state index contributed by atoms with van der Waals surface area (Å²) >= 11 is 1.76.